The number of alkyl halides is 2. The second-order valence-electron chi connectivity index (χ2n) is 2.85. The number of ether oxygens (including phenoxy) is 1. The minimum atomic E-state index is -2.94. The molecule has 0 atom stereocenters. The van der Waals surface area contributed by atoms with Crippen molar-refractivity contribution in [3.8, 4) is 5.88 Å². The summed E-state index contributed by atoms with van der Waals surface area (Å²) in [7, 11) is 1.28. The third-order valence-electron chi connectivity index (χ3n) is 1.83. The van der Waals surface area contributed by atoms with E-state index in [0.717, 1.165) is 6.07 Å². The number of methoxy groups -OCH3 is 1. The van der Waals surface area contributed by atoms with Gasteiger partial charge >= 0.3 is 5.97 Å². The van der Waals surface area contributed by atoms with Crippen LogP contribution in [0.1, 0.15) is 28.0 Å². The quantitative estimate of drug-likeness (QED) is 0.841. The van der Waals surface area contributed by atoms with Crippen molar-refractivity contribution in [2.45, 2.75) is 13.3 Å². The van der Waals surface area contributed by atoms with Crippen molar-refractivity contribution in [3.05, 3.63) is 22.9 Å². The summed E-state index contributed by atoms with van der Waals surface area (Å²) in [5, 5.41) is 8.69. The number of nitrogens with zero attached hydrogens (tertiary/aromatic N) is 1. The van der Waals surface area contributed by atoms with Gasteiger partial charge in [-0.25, -0.2) is 18.6 Å². The van der Waals surface area contributed by atoms with Crippen molar-refractivity contribution < 1.29 is 23.4 Å². The molecule has 0 aliphatic rings. The van der Waals surface area contributed by atoms with E-state index in [1.807, 2.05) is 0 Å². The fourth-order valence-electron chi connectivity index (χ4n) is 1.15. The summed E-state index contributed by atoms with van der Waals surface area (Å²) in [5.74, 6) is -1.42. The molecule has 82 valence electrons. The molecule has 4 nitrogen and oxygen atoms in total. The number of carbonyl (C=O) groups is 1. The zero-order valence-corrected chi connectivity index (χ0v) is 8.12. The van der Waals surface area contributed by atoms with E-state index in [9.17, 15) is 13.6 Å². The number of hydrogen-bond donors (Lipinski definition) is 1. The zero-order valence-electron chi connectivity index (χ0n) is 8.12. The Hall–Kier alpha value is -1.72. The van der Waals surface area contributed by atoms with Crippen molar-refractivity contribution in [3.63, 3.8) is 0 Å². The van der Waals surface area contributed by atoms with Crippen molar-refractivity contribution >= 4 is 5.97 Å². The first-order valence-electron chi connectivity index (χ1n) is 4.04. The van der Waals surface area contributed by atoms with Gasteiger partial charge in [0.05, 0.1) is 12.7 Å². The number of carboxylic acid groups (broad SMARTS) is 1. The number of aryl methyl sites for hydroxylation is 1. The van der Waals surface area contributed by atoms with Gasteiger partial charge < -0.3 is 9.84 Å². The van der Waals surface area contributed by atoms with Gasteiger partial charge in [0.1, 0.15) is 5.69 Å². The summed E-state index contributed by atoms with van der Waals surface area (Å²) < 4.78 is 29.6. The van der Waals surface area contributed by atoms with Crippen LogP contribution in [0.3, 0.4) is 0 Å². The van der Waals surface area contributed by atoms with E-state index in [-0.39, 0.29) is 5.88 Å². The second kappa shape index (κ2) is 4.20. The van der Waals surface area contributed by atoms with Gasteiger partial charge in [0, 0.05) is 5.56 Å². The van der Waals surface area contributed by atoms with Crippen LogP contribution in [0, 0.1) is 6.92 Å². The maximum absolute atomic E-state index is 12.5. The summed E-state index contributed by atoms with van der Waals surface area (Å²) in [5.41, 5.74) is -0.868. The molecule has 0 amide bonds. The van der Waals surface area contributed by atoms with Gasteiger partial charge in [-0.3, -0.25) is 0 Å². The average molecular weight is 217 g/mol. The molecule has 1 rings (SSSR count). The van der Waals surface area contributed by atoms with E-state index < -0.39 is 23.7 Å². The Labute approximate surface area is 84.5 Å². The Balaban J connectivity index is 3.38. The molecule has 0 aromatic carbocycles. The predicted octanol–water partition coefficient (Wildman–Crippen LogP) is 2.03. The number of hydrogen-bond acceptors (Lipinski definition) is 3. The molecule has 1 aromatic heterocycles. The van der Waals surface area contributed by atoms with Gasteiger partial charge in [-0.2, -0.15) is 0 Å². The van der Waals surface area contributed by atoms with Crippen LogP contribution in [-0.2, 0) is 0 Å². The Morgan fingerprint density at radius 3 is 2.60 bits per heavy atom. The molecule has 15 heavy (non-hydrogen) atoms. The first-order chi connectivity index (χ1) is 6.97. The van der Waals surface area contributed by atoms with E-state index in [1.54, 1.807) is 0 Å². The van der Waals surface area contributed by atoms with Crippen molar-refractivity contribution in [2.24, 2.45) is 0 Å². The monoisotopic (exact) mass is 217 g/mol. The minimum absolute atomic E-state index is 0.00954. The SMILES string of the molecule is COc1nc(C(F)F)c(C(=O)O)cc1C. The average Bonchev–Trinajstić information content (AvgIpc) is 2.16. The lowest BCUT2D eigenvalue weighted by molar-refractivity contribution is 0.0681. The minimum Gasteiger partial charge on any atom is -0.481 e. The highest BCUT2D eigenvalue weighted by Gasteiger charge is 2.22. The molecule has 6 heteroatoms. The molecule has 1 heterocycles. The van der Waals surface area contributed by atoms with Crippen LogP contribution in [0.15, 0.2) is 6.07 Å². The van der Waals surface area contributed by atoms with Gasteiger partial charge in [0.15, 0.2) is 0 Å². The van der Waals surface area contributed by atoms with Crippen molar-refractivity contribution in [2.75, 3.05) is 7.11 Å². The summed E-state index contributed by atoms with van der Waals surface area (Å²) in [6.45, 7) is 1.54. The Morgan fingerprint density at radius 1 is 1.60 bits per heavy atom. The fourth-order valence-corrected chi connectivity index (χ4v) is 1.15. The normalized spacial score (nSPS) is 10.5. The molecule has 0 fully saturated rings. The lowest BCUT2D eigenvalue weighted by Crippen LogP contribution is -2.07. The Bertz CT molecular complexity index is 393. The van der Waals surface area contributed by atoms with Crippen LogP contribution in [0.2, 0.25) is 0 Å². The standard InChI is InChI=1S/C9H9F2NO3/c1-4-3-5(9(13)14)6(7(10)11)12-8(4)15-2/h3,7H,1-2H3,(H,13,14). The van der Waals surface area contributed by atoms with E-state index >= 15 is 0 Å². The van der Waals surface area contributed by atoms with E-state index in [0.29, 0.717) is 5.56 Å². The highest BCUT2D eigenvalue weighted by atomic mass is 19.3. The Morgan fingerprint density at radius 2 is 2.20 bits per heavy atom. The summed E-state index contributed by atoms with van der Waals surface area (Å²) in [6.07, 6.45) is -2.94. The molecule has 0 bridgehead atoms. The second-order valence-corrected chi connectivity index (χ2v) is 2.85. The van der Waals surface area contributed by atoms with Crippen LogP contribution in [0.4, 0.5) is 8.78 Å². The third-order valence-corrected chi connectivity index (χ3v) is 1.83. The smallest absolute Gasteiger partial charge is 0.337 e. The molecular weight excluding hydrogens is 208 g/mol. The largest absolute Gasteiger partial charge is 0.481 e. The maximum Gasteiger partial charge on any atom is 0.337 e. The van der Waals surface area contributed by atoms with Gasteiger partial charge in [0.2, 0.25) is 5.88 Å². The van der Waals surface area contributed by atoms with Gasteiger partial charge in [-0.15, -0.1) is 0 Å². The van der Waals surface area contributed by atoms with E-state index in [2.05, 4.69) is 4.98 Å². The van der Waals surface area contributed by atoms with Crippen LogP contribution in [0.25, 0.3) is 0 Å². The van der Waals surface area contributed by atoms with Gasteiger partial charge in [-0.05, 0) is 13.0 Å². The molecule has 0 aliphatic heterocycles. The maximum atomic E-state index is 12.5. The molecular formula is C9H9F2NO3. The van der Waals surface area contributed by atoms with Crippen LogP contribution < -0.4 is 4.74 Å². The number of aromatic carboxylic acids is 1. The lowest BCUT2D eigenvalue weighted by atomic mass is 10.1. The van der Waals surface area contributed by atoms with Crippen LogP contribution >= 0.6 is 0 Å². The molecule has 0 spiro atoms. The van der Waals surface area contributed by atoms with Crippen molar-refractivity contribution in [1.82, 2.24) is 4.98 Å². The van der Waals surface area contributed by atoms with Gasteiger partial charge in [0.25, 0.3) is 6.43 Å². The summed E-state index contributed by atoms with van der Waals surface area (Å²) in [4.78, 5) is 14.1. The molecule has 1 N–H and O–H groups in total. The summed E-state index contributed by atoms with van der Waals surface area (Å²) in [6, 6.07) is 1.12. The number of carboxylic acids is 1. The third kappa shape index (κ3) is 2.20. The lowest BCUT2D eigenvalue weighted by Gasteiger charge is -2.09. The first kappa shape index (κ1) is 11.4. The molecule has 0 aliphatic carbocycles. The number of aromatic nitrogens is 1. The van der Waals surface area contributed by atoms with Crippen LogP contribution in [0.5, 0.6) is 5.88 Å². The highest BCUT2D eigenvalue weighted by molar-refractivity contribution is 5.89. The predicted molar refractivity (Wildman–Crippen MR) is 47.4 cm³/mol. The number of halogens is 2. The van der Waals surface area contributed by atoms with Crippen molar-refractivity contribution in [1.29, 1.82) is 0 Å². The van der Waals surface area contributed by atoms with E-state index in [1.165, 1.54) is 14.0 Å². The zero-order chi connectivity index (χ0) is 11.6. The molecule has 0 saturated carbocycles. The molecule has 0 unspecified atom stereocenters. The Kier molecular flexibility index (Phi) is 3.18. The fraction of sp³-hybridized carbons (Fsp3) is 0.333. The molecule has 0 saturated heterocycles. The highest BCUT2D eigenvalue weighted by Crippen LogP contribution is 2.26. The molecule has 0 radical (unpaired) electrons. The first-order valence-corrected chi connectivity index (χ1v) is 4.04. The van der Waals surface area contributed by atoms with E-state index in [4.69, 9.17) is 9.84 Å². The topological polar surface area (TPSA) is 59.4 Å². The van der Waals surface area contributed by atoms with Gasteiger partial charge in [-0.1, -0.05) is 0 Å². The number of rotatable bonds is 3. The number of pyridine rings is 1. The molecule has 1 aromatic rings. The summed E-state index contributed by atoms with van der Waals surface area (Å²) >= 11 is 0. The van der Waals surface area contributed by atoms with Crippen LogP contribution in [-0.4, -0.2) is 23.2 Å².